The smallest absolute Gasteiger partial charge is 0.255 e. The Morgan fingerprint density at radius 1 is 1.18 bits per heavy atom. The van der Waals surface area contributed by atoms with E-state index in [-0.39, 0.29) is 23.1 Å². The molecule has 2 aromatic rings. The standard InChI is InChI=1S/C18H18BrNO2/c1-12(20-17(22)15-4-2-3-5-16(15)21)18(10-11-18)13-6-8-14(19)9-7-13/h2-9,12,21H,10-11H2,1H3,(H,20,22). The molecule has 1 amide bonds. The van der Waals surface area contributed by atoms with E-state index >= 15 is 0 Å². The number of hydrogen-bond acceptors (Lipinski definition) is 2. The zero-order valence-corrected chi connectivity index (χ0v) is 13.9. The van der Waals surface area contributed by atoms with E-state index in [0.717, 1.165) is 17.3 Å². The minimum Gasteiger partial charge on any atom is -0.507 e. The third-order valence-corrected chi connectivity index (χ3v) is 5.06. The first-order valence-electron chi connectivity index (χ1n) is 7.38. The first-order valence-corrected chi connectivity index (χ1v) is 8.17. The highest BCUT2D eigenvalue weighted by Gasteiger charge is 2.49. The van der Waals surface area contributed by atoms with E-state index in [2.05, 4.69) is 33.4 Å². The van der Waals surface area contributed by atoms with Gasteiger partial charge < -0.3 is 10.4 Å². The first-order chi connectivity index (χ1) is 10.5. The highest BCUT2D eigenvalue weighted by Crippen LogP contribution is 2.51. The molecule has 1 saturated carbocycles. The molecule has 0 aromatic heterocycles. The quantitative estimate of drug-likeness (QED) is 0.866. The number of phenolic OH excluding ortho intramolecular Hbond substituents is 1. The molecule has 4 heteroatoms. The molecule has 0 heterocycles. The van der Waals surface area contributed by atoms with Crippen molar-refractivity contribution in [2.45, 2.75) is 31.2 Å². The van der Waals surface area contributed by atoms with Crippen molar-refractivity contribution in [3.63, 3.8) is 0 Å². The van der Waals surface area contributed by atoms with Crippen molar-refractivity contribution in [1.82, 2.24) is 5.32 Å². The number of nitrogens with one attached hydrogen (secondary N) is 1. The Labute approximate surface area is 138 Å². The number of phenols is 1. The van der Waals surface area contributed by atoms with Gasteiger partial charge in [0.2, 0.25) is 0 Å². The van der Waals surface area contributed by atoms with Crippen LogP contribution in [0.1, 0.15) is 35.7 Å². The van der Waals surface area contributed by atoms with Gasteiger partial charge in [0, 0.05) is 15.9 Å². The van der Waals surface area contributed by atoms with Crippen molar-refractivity contribution in [2.75, 3.05) is 0 Å². The Balaban J connectivity index is 1.77. The fraction of sp³-hybridized carbons (Fsp3) is 0.278. The fourth-order valence-corrected chi connectivity index (χ4v) is 3.23. The van der Waals surface area contributed by atoms with Gasteiger partial charge in [-0.15, -0.1) is 0 Å². The van der Waals surface area contributed by atoms with Crippen molar-refractivity contribution in [2.24, 2.45) is 0 Å². The van der Waals surface area contributed by atoms with Gasteiger partial charge in [-0.25, -0.2) is 0 Å². The number of carbonyl (C=O) groups is 1. The Morgan fingerprint density at radius 2 is 1.82 bits per heavy atom. The van der Waals surface area contributed by atoms with Crippen LogP contribution in [0.15, 0.2) is 53.0 Å². The third-order valence-electron chi connectivity index (χ3n) is 4.53. The number of rotatable bonds is 4. The lowest BCUT2D eigenvalue weighted by atomic mass is 9.89. The van der Waals surface area contributed by atoms with Gasteiger partial charge >= 0.3 is 0 Å². The maximum absolute atomic E-state index is 12.4. The lowest BCUT2D eigenvalue weighted by Crippen LogP contribution is -2.41. The summed E-state index contributed by atoms with van der Waals surface area (Å²) >= 11 is 3.45. The molecule has 0 aliphatic heterocycles. The second-order valence-electron chi connectivity index (χ2n) is 5.88. The van der Waals surface area contributed by atoms with E-state index in [0.29, 0.717) is 5.56 Å². The molecule has 0 radical (unpaired) electrons. The summed E-state index contributed by atoms with van der Waals surface area (Å²) in [6.07, 6.45) is 2.13. The molecule has 1 unspecified atom stereocenters. The van der Waals surface area contributed by atoms with Gasteiger partial charge in [0.25, 0.3) is 5.91 Å². The molecule has 3 nitrogen and oxygen atoms in total. The van der Waals surface area contributed by atoms with E-state index in [1.54, 1.807) is 18.2 Å². The van der Waals surface area contributed by atoms with E-state index in [9.17, 15) is 9.90 Å². The van der Waals surface area contributed by atoms with Crippen LogP contribution in [0.25, 0.3) is 0 Å². The number of amides is 1. The molecular formula is C18H18BrNO2. The molecule has 1 aliphatic carbocycles. The van der Waals surface area contributed by atoms with Gasteiger partial charge in [0.15, 0.2) is 0 Å². The molecule has 0 bridgehead atoms. The molecule has 1 fully saturated rings. The molecule has 22 heavy (non-hydrogen) atoms. The van der Waals surface area contributed by atoms with E-state index in [1.807, 2.05) is 19.1 Å². The SMILES string of the molecule is CC(NC(=O)c1ccccc1O)C1(c2ccc(Br)cc2)CC1. The molecule has 2 aromatic carbocycles. The maximum atomic E-state index is 12.4. The van der Waals surface area contributed by atoms with Crippen LogP contribution >= 0.6 is 15.9 Å². The van der Waals surface area contributed by atoms with Crippen LogP contribution < -0.4 is 5.32 Å². The van der Waals surface area contributed by atoms with E-state index in [1.165, 1.54) is 11.6 Å². The van der Waals surface area contributed by atoms with Gasteiger partial charge in [-0.3, -0.25) is 4.79 Å². The van der Waals surface area contributed by atoms with Gasteiger partial charge in [-0.2, -0.15) is 0 Å². The summed E-state index contributed by atoms with van der Waals surface area (Å²) in [5, 5.41) is 12.8. The Hall–Kier alpha value is -1.81. The first kappa shape index (κ1) is 15.1. The summed E-state index contributed by atoms with van der Waals surface area (Å²) in [5.41, 5.74) is 1.59. The van der Waals surface area contributed by atoms with Crippen molar-refractivity contribution < 1.29 is 9.90 Å². The predicted octanol–water partition coefficient (Wildman–Crippen LogP) is 4.00. The predicted molar refractivity (Wildman–Crippen MR) is 90.1 cm³/mol. The molecule has 2 N–H and O–H groups in total. The average Bonchev–Trinajstić information content (AvgIpc) is 3.30. The molecular weight excluding hydrogens is 342 g/mol. The largest absolute Gasteiger partial charge is 0.507 e. The molecule has 0 spiro atoms. The molecule has 1 atom stereocenters. The number of benzene rings is 2. The van der Waals surface area contributed by atoms with Crippen LogP contribution in [0.3, 0.4) is 0 Å². The second-order valence-corrected chi connectivity index (χ2v) is 6.79. The van der Waals surface area contributed by atoms with E-state index in [4.69, 9.17) is 0 Å². The topological polar surface area (TPSA) is 49.3 Å². The summed E-state index contributed by atoms with van der Waals surface area (Å²) in [7, 11) is 0. The van der Waals surface area contributed by atoms with Crippen LogP contribution in [0.2, 0.25) is 0 Å². The fourth-order valence-electron chi connectivity index (χ4n) is 2.97. The monoisotopic (exact) mass is 359 g/mol. The van der Waals surface area contributed by atoms with E-state index < -0.39 is 0 Å². The minimum absolute atomic E-state index is 0.0145. The van der Waals surface area contributed by atoms with Gasteiger partial charge in [-0.1, -0.05) is 40.2 Å². The van der Waals surface area contributed by atoms with Crippen LogP contribution in [-0.2, 0) is 5.41 Å². The summed E-state index contributed by atoms with van der Waals surface area (Å²) in [6, 6.07) is 14.9. The summed E-state index contributed by atoms with van der Waals surface area (Å²) in [5.74, 6) is -0.213. The van der Waals surface area contributed by atoms with Crippen LogP contribution in [0.5, 0.6) is 5.75 Å². The average molecular weight is 360 g/mol. The molecule has 114 valence electrons. The minimum atomic E-state index is -0.228. The number of para-hydroxylation sites is 1. The third kappa shape index (κ3) is 2.75. The Bertz CT molecular complexity index is 692. The highest BCUT2D eigenvalue weighted by molar-refractivity contribution is 9.10. The molecule has 0 saturated heterocycles. The van der Waals surface area contributed by atoms with Gasteiger partial charge in [-0.05, 0) is 49.6 Å². The zero-order chi connectivity index (χ0) is 15.7. The highest BCUT2D eigenvalue weighted by atomic mass is 79.9. The van der Waals surface area contributed by atoms with Crippen molar-refractivity contribution >= 4 is 21.8 Å². The Kier molecular flexibility index (Phi) is 3.96. The zero-order valence-electron chi connectivity index (χ0n) is 12.3. The lowest BCUT2D eigenvalue weighted by Gasteiger charge is -2.25. The molecule has 1 aliphatic rings. The number of hydrogen-bond donors (Lipinski definition) is 2. The van der Waals surface area contributed by atoms with Crippen molar-refractivity contribution in [1.29, 1.82) is 0 Å². The normalized spacial score (nSPS) is 16.8. The Morgan fingerprint density at radius 3 is 2.41 bits per heavy atom. The number of aromatic hydroxyl groups is 1. The molecule has 3 rings (SSSR count). The van der Waals surface area contributed by atoms with Crippen LogP contribution in [0, 0.1) is 0 Å². The van der Waals surface area contributed by atoms with Crippen molar-refractivity contribution in [3.8, 4) is 5.75 Å². The van der Waals surface area contributed by atoms with Crippen LogP contribution in [0.4, 0.5) is 0 Å². The maximum Gasteiger partial charge on any atom is 0.255 e. The van der Waals surface area contributed by atoms with Gasteiger partial charge in [0.1, 0.15) is 5.75 Å². The van der Waals surface area contributed by atoms with Crippen molar-refractivity contribution in [3.05, 3.63) is 64.1 Å². The summed E-state index contributed by atoms with van der Waals surface area (Å²) in [4.78, 5) is 12.4. The second kappa shape index (κ2) is 5.76. The summed E-state index contributed by atoms with van der Waals surface area (Å²) < 4.78 is 1.05. The lowest BCUT2D eigenvalue weighted by molar-refractivity contribution is 0.0929. The number of halogens is 1. The van der Waals surface area contributed by atoms with Gasteiger partial charge in [0.05, 0.1) is 5.56 Å². The number of carbonyl (C=O) groups excluding carboxylic acids is 1. The van der Waals surface area contributed by atoms with Crippen LogP contribution in [-0.4, -0.2) is 17.1 Å². The summed E-state index contributed by atoms with van der Waals surface area (Å²) in [6.45, 7) is 2.03.